The molecule has 0 aliphatic rings. The van der Waals surface area contributed by atoms with Gasteiger partial charge in [0.15, 0.2) is 11.8 Å². The van der Waals surface area contributed by atoms with Crippen LogP contribution in [0.15, 0.2) is 47.7 Å². The molecule has 0 bridgehead atoms. The number of H-pyrrole nitrogens is 1. The number of phenols is 1. The van der Waals surface area contributed by atoms with Crippen LogP contribution < -0.4 is 10.1 Å². The molecule has 102 valence electrons. The summed E-state index contributed by atoms with van der Waals surface area (Å²) in [5.74, 6) is 0.473. The summed E-state index contributed by atoms with van der Waals surface area (Å²) < 4.78 is 2.98. The van der Waals surface area contributed by atoms with Crippen LogP contribution in [-0.2, 0) is 0 Å². The summed E-state index contributed by atoms with van der Waals surface area (Å²) in [6.07, 6.45) is 3.10. The molecule has 0 saturated heterocycles. The summed E-state index contributed by atoms with van der Waals surface area (Å²) in [5, 5.41) is 20.2. The van der Waals surface area contributed by atoms with Gasteiger partial charge in [0, 0.05) is 12.3 Å². The number of fused-ring (bicyclic) bond motifs is 3. The van der Waals surface area contributed by atoms with Gasteiger partial charge in [-0.05, 0) is 18.2 Å². The number of pyridine rings is 1. The van der Waals surface area contributed by atoms with Crippen molar-refractivity contribution in [2.45, 2.75) is 0 Å². The number of nitrogens with one attached hydrogen (secondary N) is 1. The van der Waals surface area contributed by atoms with Crippen LogP contribution in [0.5, 0.6) is 5.75 Å². The molecule has 0 spiro atoms. The van der Waals surface area contributed by atoms with E-state index in [1.54, 1.807) is 35.0 Å². The van der Waals surface area contributed by atoms with Crippen molar-refractivity contribution in [2.24, 2.45) is 0 Å². The van der Waals surface area contributed by atoms with E-state index in [0.29, 0.717) is 17.0 Å². The third-order valence-electron chi connectivity index (χ3n) is 3.20. The molecule has 3 aromatic heterocycles. The topological polar surface area (TPSA) is 101 Å². The van der Waals surface area contributed by atoms with E-state index in [-0.39, 0.29) is 16.8 Å². The molecule has 4 aromatic rings. The zero-order valence-corrected chi connectivity index (χ0v) is 10.6. The number of hydrogen-bond acceptors (Lipinski definition) is 5. The van der Waals surface area contributed by atoms with E-state index in [1.165, 1.54) is 17.0 Å². The summed E-state index contributed by atoms with van der Waals surface area (Å²) in [6.45, 7) is 0. The first-order chi connectivity index (χ1) is 10.2. The van der Waals surface area contributed by atoms with Gasteiger partial charge >= 0.3 is 5.78 Å². The number of aromatic amines is 1. The van der Waals surface area contributed by atoms with Crippen LogP contribution in [0.2, 0.25) is 0 Å². The van der Waals surface area contributed by atoms with Crippen molar-refractivity contribution in [3.63, 3.8) is 0 Å². The van der Waals surface area contributed by atoms with E-state index in [0.717, 1.165) is 0 Å². The minimum Gasteiger partial charge on any atom is -0.508 e. The quantitative estimate of drug-likeness (QED) is 0.476. The minimum atomic E-state index is -0.324. The second-order valence-electron chi connectivity index (χ2n) is 4.47. The van der Waals surface area contributed by atoms with Gasteiger partial charge < -0.3 is 5.11 Å². The molecule has 2 N–H and O–H groups in total. The molecule has 0 aliphatic carbocycles. The van der Waals surface area contributed by atoms with Gasteiger partial charge in [-0.25, -0.2) is 5.10 Å². The lowest BCUT2D eigenvalue weighted by Crippen LogP contribution is -2.30. The summed E-state index contributed by atoms with van der Waals surface area (Å²) in [5.41, 5.74) is 1.02. The zero-order chi connectivity index (χ0) is 14.4. The fourth-order valence-electron chi connectivity index (χ4n) is 2.24. The Balaban J connectivity index is 2.07. The van der Waals surface area contributed by atoms with E-state index in [2.05, 4.69) is 20.3 Å². The summed E-state index contributed by atoms with van der Waals surface area (Å²) in [7, 11) is 0. The maximum atomic E-state index is 12.5. The maximum absolute atomic E-state index is 12.5. The standard InChI is InChI=1S/C13H8N6O2/c20-9-3-1-2-8(6-9)18-5-4-10-11(12(18)21)16-17-13-14-7-15-19(10)13/h1-7,20H/p+1. The highest BCUT2D eigenvalue weighted by molar-refractivity contribution is 5.69. The Morgan fingerprint density at radius 3 is 3.00 bits per heavy atom. The lowest BCUT2D eigenvalue weighted by Gasteiger charge is -2.05. The third kappa shape index (κ3) is 1.66. The molecule has 21 heavy (non-hydrogen) atoms. The van der Waals surface area contributed by atoms with Crippen LogP contribution in [0, 0.1) is 0 Å². The maximum Gasteiger partial charge on any atom is 0.479 e. The smallest absolute Gasteiger partial charge is 0.479 e. The fourth-order valence-corrected chi connectivity index (χ4v) is 2.24. The Morgan fingerprint density at radius 1 is 1.24 bits per heavy atom. The van der Waals surface area contributed by atoms with Crippen molar-refractivity contribution in [1.29, 1.82) is 0 Å². The van der Waals surface area contributed by atoms with E-state index in [1.807, 2.05) is 0 Å². The molecule has 0 aliphatic heterocycles. The van der Waals surface area contributed by atoms with Crippen LogP contribution in [0.4, 0.5) is 0 Å². The van der Waals surface area contributed by atoms with E-state index in [9.17, 15) is 9.90 Å². The van der Waals surface area contributed by atoms with Gasteiger partial charge in [0.1, 0.15) is 5.75 Å². The molecule has 0 saturated carbocycles. The lowest BCUT2D eigenvalue weighted by atomic mass is 10.3. The van der Waals surface area contributed by atoms with E-state index >= 15 is 0 Å². The predicted octanol–water partition coefficient (Wildman–Crippen LogP) is -0.0519. The van der Waals surface area contributed by atoms with Crippen molar-refractivity contribution >= 4 is 16.8 Å². The van der Waals surface area contributed by atoms with Gasteiger partial charge in [-0.15, -0.1) is 4.52 Å². The highest BCUT2D eigenvalue weighted by atomic mass is 16.3. The second kappa shape index (κ2) is 4.10. The molecular weight excluding hydrogens is 272 g/mol. The number of phenolic OH excluding ortho intramolecular Hbond substituents is 1. The first-order valence-electron chi connectivity index (χ1n) is 6.17. The molecule has 0 amide bonds. The monoisotopic (exact) mass is 281 g/mol. The zero-order valence-electron chi connectivity index (χ0n) is 10.6. The van der Waals surface area contributed by atoms with Gasteiger partial charge in [0.05, 0.1) is 10.8 Å². The second-order valence-corrected chi connectivity index (χ2v) is 4.47. The van der Waals surface area contributed by atoms with Crippen molar-refractivity contribution in [3.8, 4) is 11.4 Å². The Hall–Kier alpha value is -3.29. The van der Waals surface area contributed by atoms with Gasteiger partial charge in [-0.1, -0.05) is 16.1 Å². The van der Waals surface area contributed by atoms with Crippen molar-refractivity contribution in [2.75, 3.05) is 0 Å². The van der Waals surface area contributed by atoms with Gasteiger partial charge in [-0.2, -0.15) is 0 Å². The fraction of sp³-hybridized carbons (Fsp3) is 0. The van der Waals surface area contributed by atoms with Crippen LogP contribution in [0.1, 0.15) is 0 Å². The van der Waals surface area contributed by atoms with Gasteiger partial charge in [-0.3, -0.25) is 9.36 Å². The molecule has 3 heterocycles. The number of benzene rings is 1. The molecule has 0 radical (unpaired) electrons. The predicted molar refractivity (Wildman–Crippen MR) is 72.1 cm³/mol. The largest absolute Gasteiger partial charge is 0.508 e. The number of nitrogens with zero attached hydrogens (tertiary/aromatic N) is 5. The summed E-state index contributed by atoms with van der Waals surface area (Å²) in [6, 6.07) is 8.17. The van der Waals surface area contributed by atoms with Crippen LogP contribution in [0.25, 0.3) is 22.5 Å². The first-order valence-corrected chi connectivity index (χ1v) is 6.17. The number of aromatic hydroxyl groups is 1. The van der Waals surface area contributed by atoms with Crippen LogP contribution in [-0.4, -0.2) is 30.0 Å². The first kappa shape index (κ1) is 11.5. The summed E-state index contributed by atoms with van der Waals surface area (Å²) >= 11 is 0. The Labute approximate surface area is 116 Å². The highest BCUT2D eigenvalue weighted by Gasteiger charge is 2.16. The van der Waals surface area contributed by atoms with Gasteiger partial charge in [0.2, 0.25) is 5.52 Å². The SMILES string of the molecule is O=c1c2nnc3nc[nH][n+]3c2ccn1-c1cccc(O)c1. The van der Waals surface area contributed by atoms with Crippen molar-refractivity contribution < 1.29 is 9.62 Å². The average molecular weight is 281 g/mol. The van der Waals surface area contributed by atoms with Crippen molar-refractivity contribution in [3.05, 3.63) is 53.2 Å². The molecule has 8 heteroatoms. The van der Waals surface area contributed by atoms with Crippen LogP contribution in [0.3, 0.4) is 0 Å². The molecule has 4 rings (SSSR count). The molecule has 0 fully saturated rings. The third-order valence-corrected chi connectivity index (χ3v) is 3.20. The normalized spacial score (nSPS) is 11.2. The number of aromatic nitrogens is 6. The molecule has 8 nitrogen and oxygen atoms in total. The molecule has 0 unspecified atom stereocenters. The van der Waals surface area contributed by atoms with Crippen molar-refractivity contribution in [1.82, 2.24) is 24.8 Å². The summed E-state index contributed by atoms with van der Waals surface area (Å²) in [4.78, 5) is 16.5. The molecule has 1 aromatic carbocycles. The van der Waals surface area contributed by atoms with E-state index < -0.39 is 0 Å². The Morgan fingerprint density at radius 2 is 2.14 bits per heavy atom. The average Bonchev–Trinajstić information content (AvgIpc) is 2.96. The minimum absolute atomic E-state index is 0.0870. The molecular formula is C13H9N6O2+. The Bertz CT molecular complexity index is 1040. The lowest BCUT2D eigenvalue weighted by molar-refractivity contribution is -0.552. The van der Waals surface area contributed by atoms with Gasteiger partial charge in [0.25, 0.3) is 5.56 Å². The Kier molecular flexibility index (Phi) is 2.25. The number of hydrogen-bond donors (Lipinski definition) is 2. The van der Waals surface area contributed by atoms with E-state index in [4.69, 9.17) is 0 Å². The van der Waals surface area contributed by atoms with Crippen LogP contribution >= 0.6 is 0 Å². The highest BCUT2D eigenvalue weighted by Crippen LogP contribution is 2.14. The number of rotatable bonds is 1. The molecule has 0 atom stereocenters.